The molecule has 1 N–H and O–H groups in total. The zero-order valence-electron chi connectivity index (χ0n) is 2.94. The van der Waals surface area contributed by atoms with Gasteiger partial charge in [-0.25, -0.2) is 9.18 Å². The highest BCUT2D eigenvalue weighted by Gasteiger charge is 1.85. The summed E-state index contributed by atoms with van der Waals surface area (Å²) in [6, 6.07) is 0. The second-order valence-corrected chi connectivity index (χ2v) is 0.527. The van der Waals surface area contributed by atoms with Crippen molar-refractivity contribution in [3.63, 3.8) is 0 Å². The van der Waals surface area contributed by atoms with Crippen molar-refractivity contribution in [2.75, 3.05) is 6.67 Å². The lowest BCUT2D eigenvalue weighted by molar-refractivity contribution is -0.137. The number of hydrogen-bond acceptors (Lipinski definition) is 1. The molecule has 0 rings (SSSR count). The van der Waals surface area contributed by atoms with Crippen molar-refractivity contribution in [1.82, 2.24) is 0 Å². The van der Waals surface area contributed by atoms with Gasteiger partial charge in [-0.05, 0) is 0 Å². The molecule has 34 valence electrons. The summed E-state index contributed by atoms with van der Waals surface area (Å²) >= 11 is 0. The van der Waals surface area contributed by atoms with E-state index < -0.39 is 12.6 Å². The molecule has 6 heavy (non-hydrogen) atoms. The average Bonchev–Trinajstić information content (AvgIpc) is 1.38. The number of hydrogen-bond donors (Lipinski definition) is 1. The van der Waals surface area contributed by atoms with Crippen LogP contribution in [0.25, 0.3) is 0 Å². The van der Waals surface area contributed by atoms with E-state index in [4.69, 9.17) is 9.90 Å². The first-order valence-electron chi connectivity index (χ1n) is 1.05. The van der Waals surface area contributed by atoms with E-state index in [0.29, 0.717) is 0 Å². The summed E-state index contributed by atoms with van der Waals surface area (Å²) in [7, 11) is 0. The Morgan fingerprint density at radius 2 is 2.00 bits per heavy atom. The maximum absolute atomic E-state index is 10.5. The maximum Gasteiger partial charge on any atom is 0.335 e. The molecular weight excluding hydrogens is 103 g/mol. The van der Waals surface area contributed by atoms with Crippen molar-refractivity contribution in [2.45, 2.75) is 0 Å². The molecule has 0 spiro atoms. The molecule has 0 amide bonds. The van der Waals surface area contributed by atoms with E-state index in [1.54, 1.807) is 0 Å². The van der Waals surface area contributed by atoms with E-state index in [-0.39, 0.29) is 11.0 Å². The quantitative estimate of drug-likeness (QED) is 0.464. The molecule has 0 aromatic rings. The Bertz CT molecular complexity index is 46.8. The van der Waals surface area contributed by atoms with Gasteiger partial charge in [-0.3, -0.25) is 0 Å². The molecule has 0 aromatic heterocycles. The molecule has 0 bridgehead atoms. The lowest BCUT2D eigenvalue weighted by Crippen LogP contribution is -1.93. The predicted molar refractivity (Wildman–Crippen MR) is 19.4 cm³/mol. The van der Waals surface area contributed by atoms with E-state index in [9.17, 15) is 4.39 Å². The van der Waals surface area contributed by atoms with Crippen LogP contribution >= 0.6 is 0 Å². The molecule has 0 atom stereocenters. The number of rotatable bonds is 1. The summed E-state index contributed by atoms with van der Waals surface area (Å²) in [6.07, 6.45) is 0. The van der Waals surface area contributed by atoms with Crippen LogP contribution in [0.1, 0.15) is 0 Å². The van der Waals surface area contributed by atoms with Crippen molar-refractivity contribution in [2.24, 2.45) is 0 Å². The summed E-state index contributed by atoms with van der Waals surface area (Å²) in [5, 5.41) is 7.35. The number of carboxylic acid groups (broad SMARTS) is 1. The molecule has 0 aliphatic carbocycles. The Hall–Kier alpha value is -0.383. The van der Waals surface area contributed by atoms with E-state index in [1.165, 1.54) is 0 Å². The number of carbonyl (C=O) groups is 1. The fraction of sp³-hybridized carbons (Fsp3) is 0.500. The highest BCUT2D eigenvalue weighted by molar-refractivity contribution is 5.75. The van der Waals surface area contributed by atoms with Crippen molar-refractivity contribution in [3.8, 4) is 0 Å². The third-order valence-electron chi connectivity index (χ3n) is 0.114. The van der Waals surface area contributed by atoms with Crippen molar-refractivity contribution >= 4 is 16.9 Å². The molecule has 2 nitrogen and oxygen atoms in total. The van der Waals surface area contributed by atoms with Gasteiger partial charge in [-0.1, -0.05) is 0 Å². The van der Waals surface area contributed by atoms with Crippen LogP contribution in [0.2, 0.25) is 0 Å². The van der Waals surface area contributed by atoms with Crippen LogP contribution in [0, 0.1) is 0 Å². The second-order valence-electron chi connectivity index (χ2n) is 0.527. The van der Waals surface area contributed by atoms with Crippen LogP contribution in [0.3, 0.4) is 0 Å². The lowest BCUT2D eigenvalue weighted by atomic mass is 10.8. The summed E-state index contributed by atoms with van der Waals surface area (Å²) < 4.78 is 10.5. The predicted octanol–water partition coefficient (Wildman–Crippen LogP) is -0.340. The number of alkyl halides is 1. The zero-order valence-corrected chi connectivity index (χ0v) is 3.94. The van der Waals surface area contributed by atoms with Gasteiger partial charge in [0.05, 0.1) is 0 Å². The van der Waals surface area contributed by atoms with Crippen LogP contribution in [0.4, 0.5) is 4.39 Å². The van der Waals surface area contributed by atoms with Gasteiger partial charge >= 0.3 is 5.97 Å². The van der Waals surface area contributed by atoms with Gasteiger partial charge in [-0.2, -0.15) is 0 Å². The normalized spacial score (nSPS) is 6.17. The summed E-state index contributed by atoms with van der Waals surface area (Å²) in [5.74, 6) is -1.41. The molecule has 0 aliphatic heterocycles. The minimum Gasteiger partial charge on any atom is -0.479 e. The van der Waals surface area contributed by atoms with Crippen LogP contribution in [-0.4, -0.2) is 28.7 Å². The Balaban J connectivity index is 0. The van der Waals surface area contributed by atoms with Crippen LogP contribution in [-0.2, 0) is 4.79 Å². The van der Waals surface area contributed by atoms with Crippen LogP contribution in [0.15, 0.2) is 0 Å². The highest BCUT2D eigenvalue weighted by atomic mass is 28.1. The van der Waals surface area contributed by atoms with Crippen LogP contribution < -0.4 is 0 Å². The third-order valence-corrected chi connectivity index (χ3v) is 0.114. The first kappa shape index (κ1) is 9.15. The first-order valence-corrected chi connectivity index (χ1v) is 1.05. The van der Waals surface area contributed by atoms with Gasteiger partial charge < -0.3 is 5.11 Å². The molecule has 0 unspecified atom stereocenters. The lowest BCUT2D eigenvalue weighted by Gasteiger charge is -1.69. The van der Waals surface area contributed by atoms with Crippen molar-refractivity contribution in [1.29, 1.82) is 0 Å². The minimum absolute atomic E-state index is 0. The van der Waals surface area contributed by atoms with Gasteiger partial charge in [0.25, 0.3) is 0 Å². The second kappa shape index (κ2) is 4.62. The van der Waals surface area contributed by atoms with Crippen molar-refractivity contribution in [3.05, 3.63) is 0 Å². The Morgan fingerprint density at radius 1 is 1.83 bits per heavy atom. The number of aliphatic carboxylic acids is 1. The Morgan fingerprint density at radius 3 is 2.00 bits per heavy atom. The SMILES string of the molecule is O=C(O)CF.[Si]. The molecule has 0 aromatic carbocycles. The molecule has 0 aliphatic rings. The topological polar surface area (TPSA) is 37.3 Å². The minimum atomic E-state index is -1.41. The van der Waals surface area contributed by atoms with Crippen molar-refractivity contribution < 1.29 is 14.3 Å². The fourth-order valence-corrected chi connectivity index (χ4v) is 0. The molecule has 0 heterocycles. The van der Waals surface area contributed by atoms with Gasteiger partial charge in [0, 0.05) is 11.0 Å². The molecule has 0 fully saturated rings. The third kappa shape index (κ3) is 9.47. The standard InChI is InChI=1S/C2H3FO2.Si/c3-1-2(4)5;/h1H2,(H,4,5);. The smallest absolute Gasteiger partial charge is 0.335 e. The highest BCUT2D eigenvalue weighted by Crippen LogP contribution is 1.60. The molecule has 4 heteroatoms. The average molecular weight is 106 g/mol. The Labute approximate surface area is 39.0 Å². The van der Waals surface area contributed by atoms with Gasteiger partial charge in [-0.15, -0.1) is 0 Å². The molecular formula is C2H3FO2Si. The summed E-state index contributed by atoms with van der Waals surface area (Å²) in [4.78, 5) is 8.99. The van der Waals surface area contributed by atoms with Gasteiger partial charge in [0.1, 0.15) is 0 Å². The zero-order chi connectivity index (χ0) is 4.28. The van der Waals surface area contributed by atoms with E-state index in [1.807, 2.05) is 0 Å². The summed E-state index contributed by atoms with van der Waals surface area (Å²) in [6.45, 7) is -1.28. The van der Waals surface area contributed by atoms with Gasteiger partial charge in [0.15, 0.2) is 6.67 Å². The van der Waals surface area contributed by atoms with Gasteiger partial charge in [0.2, 0.25) is 0 Å². The van der Waals surface area contributed by atoms with E-state index >= 15 is 0 Å². The largest absolute Gasteiger partial charge is 0.479 e. The summed E-state index contributed by atoms with van der Waals surface area (Å²) in [5.41, 5.74) is 0. The molecule has 0 saturated carbocycles. The molecule has 0 saturated heterocycles. The molecule has 4 radical (unpaired) electrons. The fourth-order valence-electron chi connectivity index (χ4n) is 0. The Kier molecular flexibility index (Phi) is 7.04. The van der Waals surface area contributed by atoms with E-state index in [0.717, 1.165) is 0 Å². The number of halogens is 1. The van der Waals surface area contributed by atoms with E-state index in [2.05, 4.69) is 0 Å². The number of carboxylic acids is 1. The monoisotopic (exact) mass is 106 g/mol. The van der Waals surface area contributed by atoms with Crippen LogP contribution in [0.5, 0.6) is 0 Å². The maximum atomic E-state index is 10.5. The first-order chi connectivity index (χ1) is 2.27.